The molecule has 94 valence electrons. The maximum atomic E-state index is 4.01. The second kappa shape index (κ2) is 5.58. The van der Waals surface area contributed by atoms with E-state index >= 15 is 0 Å². The molecule has 1 aromatic heterocycles. The van der Waals surface area contributed by atoms with Gasteiger partial charge in [-0.05, 0) is 38.8 Å². The van der Waals surface area contributed by atoms with Crippen LogP contribution < -0.4 is 10.3 Å². The molecule has 0 radical (unpaired) electrons. The van der Waals surface area contributed by atoms with Gasteiger partial charge in [-0.3, -0.25) is 0 Å². The third-order valence-electron chi connectivity index (χ3n) is 2.18. The summed E-state index contributed by atoms with van der Waals surface area (Å²) in [6.07, 6.45) is 1.68. The predicted octanol–water partition coefficient (Wildman–Crippen LogP) is 1.47. The first-order valence-electron chi connectivity index (χ1n) is 5.16. The number of halogens is 1. The van der Waals surface area contributed by atoms with Gasteiger partial charge in [-0.1, -0.05) is 11.2 Å². The second-order valence-electron chi connectivity index (χ2n) is 3.71. The van der Waals surface area contributed by atoms with Crippen LogP contribution in [0.5, 0.6) is 0 Å². The normalized spacial score (nSPS) is 10.8. The van der Waals surface area contributed by atoms with E-state index in [1.165, 1.54) is 0 Å². The Morgan fingerprint density at radius 3 is 2.89 bits per heavy atom. The number of aromatic nitrogens is 4. The van der Waals surface area contributed by atoms with Crippen molar-refractivity contribution in [3.8, 4) is 0 Å². The number of rotatable bonds is 4. The largest absolute Gasteiger partial charge is 0.377 e. The highest BCUT2D eigenvalue weighted by Gasteiger charge is 2.02. The van der Waals surface area contributed by atoms with Gasteiger partial charge in [0.2, 0.25) is 0 Å². The minimum Gasteiger partial charge on any atom is -0.377 e. The number of hydrogen-bond acceptors (Lipinski definition) is 6. The molecule has 1 aromatic carbocycles. The summed E-state index contributed by atoms with van der Waals surface area (Å²) < 4.78 is 1.01. The van der Waals surface area contributed by atoms with Gasteiger partial charge in [0.25, 0.3) is 5.95 Å². The average Bonchev–Trinajstić information content (AvgIpc) is 2.81. The van der Waals surface area contributed by atoms with Crippen molar-refractivity contribution in [1.29, 1.82) is 0 Å². The molecule has 7 nitrogen and oxygen atoms in total. The molecule has 0 aliphatic heterocycles. The van der Waals surface area contributed by atoms with Crippen LogP contribution in [0.3, 0.4) is 0 Å². The van der Waals surface area contributed by atoms with Crippen LogP contribution in [-0.2, 0) is 0 Å². The van der Waals surface area contributed by atoms with Gasteiger partial charge in [0.15, 0.2) is 0 Å². The van der Waals surface area contributed by atoms with Gasteiger partial charge in [-0.25, -0.2) is 5.43 Å². The van der Waals surface area contributed by atoms with Crippen LogP contribution in [0.1, 0.15) is 5.56 Å². The van der Waals surface area contributed by atoms with Gasteiger partial charge in [0.1, 0.15) is 0 Å². The molecular weight excluding hydrogens is 298 g/mol. The van der Waals surface area contributed by atoms with Crippen molar-refractivity contribution in [2.45, 2.75) is 0 Å². The van der Waals surface area contributed by atoms with Gasteiger partial charge in [-0.15, -0.1) is 5.10 Å². The summed E-state index contributed by atoms with van der Waals surface area (Å²) >= 11 is 3.51. The topological polar surface area (TPSA) is 82.1 Å². The first-order valence-corrected chi connectivity index (χ1v) is 5.95. The van der Waals surface area contributed by atoms with E-state index in [2.05, 4.69) is 47.1 Å². The quantitative estimate of drug-likeness (QED) is 0.660. The highest BCUT2D eigenvalue weighted by molar-refractivity contribution is 9.10. The molecule has 0 atom stereocenters. The van der Waals surface area contributed by atoms with E-state index in [0.717, 1.165) is 15.7 Å². The first-order chi connectivity index (χ1) is 8.66. The zero-order valence-electron chi connectivity index (χ0n) is 9.92. The summed E-state index contributed by atoms with van der Waals surface area (Å²) in [6, 6.07) is 5.97. The SMILES string of the molecule is CN(C)c1ccc(/C=N/Nc2nn[nH]n2)cc1Br. The van der Waals surface area contributed by atoms with Crippen LogP contribution in [0, 0.1) is 0 Å². The van der Waals surface area contributed by atoms with Gasteiger partial charge in [-0.2, -0.15) is 10.3 Å². The number of nitrogens with one attached hydrogen (secondary N) is 2. The minimum atomic E-state index is 0.329. The van der Waals surface area contributed by atoms with Crippen molar-refractivity contribution < 1.29 is 0 Å². The van der Waals surface area contributed by atoms with E-state index in [1.54, 1.807) is 6.21 Å². The molecule has 0 bridgehead atoms. The third-order valence-corrected chi connectivity index (χ3v) is 2.81. The lowest BCUT2D eigenvalue weighted by molar-refractivity contribution is 0.881. The average molecular weight is 310 g/mol. The lowest BCUT2D eigenvalue weighted by atomic mass is 10.2. The van der Waals surface area contributed by atoms with Crippen LogP contribution in [0.2, 0.25) is 0 Å². The Morgan fingerprint density at radius 1 is 1.44 bits per heavy atom. The van der Waals surface area contributed by atoms with Crippen molar-refractivity contribution >= 4 is 33.8 Å². The number of hydrogen-bond donors (Lipinski definition) is 2. The summed E-state index contributed by atoms with van der Waals surface area (Å²) in [5, 5.41) is 17.2. The molecular formula is C10H12BrN7. The summed E-state index contributed by atoms with van der Waals surface area (Å²) in [7, 11) is 3.98. The summed E-state index contributed by atoms with van der Waals surface area (Å²) in [5.41, 5.74) is 4.73. The molecule has 2 rings (SSSR count). The Hall–Kier alpha value is -1.96. The van der Waals surface area contributed by atoms with Crippen molar-refractivity contribution in [2.75, 3.05) is 24.4 Å². The summed E-state index contributed by atoms with van der Waals surface area (Å²) in [5.74, 6) is 0.329. The monoisotopic (exact) mass is 309 g/mol. The molecule has 0 saturated heterocycles. The molecule has 2 N–H and O–H groups in total. The number of benzene rings is 1. The van der Waals surface area contributed by atoms with Crippen LogP contribution in [0.15, 0.2) is 27.8 Å². The number of H-pyrrole nitrogens is 1. The second-order valence-corrected chi connectivity index (χ2v) is 4.57. The first kappa shape index (κ1) is 12.5. The molecule has 2 aromatic rings. The fourth-order valence-electron chi connectivity index (χ4n) is 1.34. The molecule has 0 unspecified atom stereocenters. The van der Waals surface area contributed by atoms with Gasteiger partial charge < -0.3 is 4.90 Å². The lowest BCUT2D eigenvalue weighted by Crippen LogP contribution is -2.09. The van der Waals surface area contributed by atoms with E-state index in [4.69, 9.17) is 0 Å². The predicted molar refractivity (Wildman–Crippen MR) is 73.9 cm³/mol. The van der Waals surface area contributed by atoms with E-state index < -0.39 is 0 Å². The Balaban J connectivity index is 2.06. The maximum absolute atomic E-state index is 4.01. The fraction of sp³-hybridized carbons (Fsp3) is 0.200. The Labute approximate surface area is 112 Å². The van der Waals surface area contributed by atoms with Gasteiger partial charge >= 0.3 is 0 Å². The minimum absolute atomic E-state index is 0.329. The molecule has 1 heterocycles. The number of aromatic amines is 1. The Bertz CT molecular complexity index is 535. The third kappa shape index (κ3) is 3.04. The van der Waals surface area contributed by atoms with E-state index in [1.807, 2.05) is 37.2 Å². The highest BCUT2D eigenvalue weighted by Crippen LogP contribution is 2.25. The van der Waals surface area contributed by atoms with Crippen LogP contribution in [0.4, 0.5) is 11.6 Å². The molecule has 8 heteroatoms. The number of nitrogens with zero attached hydrogens (tertiary/aromatic N) is 5. The van der Waals surface area contributed by atoms with E-state index in [-0.39, 0.29) is 0 Å². The van der Waals surface area contributed by atoms with Crippen molar-refractivity contribution in [2.24, 2.45) is 5.10 Å². The van der Waals surface area contributed by atoms with Gasteiger partial charge in [0.05, 0.1) is 11.9 Å². The highest BCUT2D eigenvalue weighted by atomic mass is 79.9. The number of hydrazone groups is 1. The fourth-order valence-corrected chi connectivity index (χ4v) is 2.09. The van der Waals surface area contributed by atoms with E-state index in [0.29, 0.717) is 5.95 Å². The molecule has 0 spiro atoms. The standard InChI is InChI=1S/C10H12BrN7/c1-18(2)9-4-3-7(5-8(9)11)6-12-13-10-14-16-17-15-10/h3-6H,1-2H3,(H2,13,14,15,16,17)/b12-6+. The maximum Gasteiger partial charge on any atom is 0.283 e. The molecule has 0 saturated carbocycles. The van der Waals surface area contributed by atoms with Crippen molar-refractivity contribution in [3.63, 3.8) is 0 Å². The molecule has 0 amide bonds. The Morgan fingerprint density at radius 2 is 2.28 bits per heavy atom. The van der Waals surface area contributed by atoms with Crippen LogP contribution in [-0.4, -0.2) is 40.9 Å². The molecule has 0 aliphatic rings. The number of anilines is 2. The Kier molecular flexibility index (Phi) is 3.88. The van der Waals surface area contributed by atoms with Crippen LogP contribution in [0.25, 0.3) is 0 Å². The zero-order chi connectivity index (χ0) is 13.0. The zero-order valence-corrected chi connectivity index (χ0v) is 11.5. The molecule has 0 aliphatic carbocycles. The lowest BCUT2D eigenvalue weighted by Gasteiger charge is -2.14. The van der Waals surface area contributed by atoms with Crippen molar-refractivity contribution in [1.82, 2.24) is 20.6 Å². The van der Waals surface area contributed by atoms with E-state index in [9.17, 15) is 0 Å². The molecule has 0 fully saturated rings. The smallest absolute Gasteiger partial charge is 0.283 e. The van der Waals surface area contributed by atoms with Crippen LogP contribution >= 0.6 is 15.9 Å². The van der Waals surface area contributed by atoms with Gasteiger partial charge in [0, 0.05) is 18.6 Å². The summed E-state index contributed by atoms with van der Waals surface area (Å²) in [4.78, 5) is 2.03. The van der Waals surface area contributed by atoms with Crippen molar-refractivity contribution in [3.05, 3.63) is 28.2 Å². The number of tetrazole rings is 1. The molecule has 18 heavy (non-hydrogen) atoms. The summed E-state index contributed by atoms with van der Waals surface area (Å²) in [6.45, 7) is 0.